The molecule has 0 fully saturated rings. The van der Waals surface area contributed by atoms with E-state index in [0.29, 0.717) is 11.5 Å². The quantitative estimate of drug-likeness (QED) is 0.750. The summed E-state index contributed by atoms with van der Waals surface area (Å²) >= 11 is 3.51. The Bertz CT molecular complexity index is 734. The maximum absolute atomic E-state index is 5.82. The van der Waals surface area contributed by atoms with E-state index < -0.39 is 0 Å². The highest BCUT2D eigenvalue weighted by molar-refractivity contribution is 9.10. The van der Waals surface area contributed by atoms with Crippen LogP contribution in [-0.2, 0) is 0 Å². The first-order valence-electron chi connectivity index (χ1n) is 5.40. The van der Waals surface area contributed by atoms with E-state index in [1.165, 1.54) is 0 Å². The molecule has 0 aliphatic carbocycles. The van der Waals surface area contributed by atoms with Crippen LogP contribution in [-0.4, -0.2) is 20.0 Å². The number of benzene rings is 1. The molecule has 0 saturated heterocycles. The largest absolute Gasteiger partial charge is 0.397 e. The molecule has 0 atom stereocenters. The molecule has 2 aromatic heterocycles. The molecule has 0 unspecified atom stereocenters. The normalized spacial score (nSPS) is 11.0. The maximum atomic E-state index is 5.82. The monoisotopic (exact) mass is 303 g/mol. The minimum Gasteiger partial charge on any atom is -0.397 e. The van der Waals surface area contributed by atoms with Crippen molar-refractivity contribution in [2.45, 2.75) is 6.92 Å². The number of nitrogens with two attached hydrogens (primary N) is 1. The fraction of sp³-hybridized carbons (Fsp3) is 0.0833. The fourth-order valence-corrected chi connectivity index (χ4v) is 2.25. The molecule has 2 N–H and O–H groups in total. The summed E-state index contributed by atoms with van der Waals surface area (Å²) in [5, 5.41) is 8.24. The Labute approximate surface area is 112 Å². The summed E-state index contributed by atoms with van der Waals surface area (Å²) in [6.45, 7) is 1.93. The van der Waals surface area contributed by atoms with Gasteiger partial charge in [-0.1, -0.05) is 17.3 Å². The van der Waals surface area contributed by atoms with E-state index in [4.69, 9.17) is 5.73 Å². The lowest BCUT2D eigenvalue weighted by molar-refractivity contribution is 0.797. The lowest BCUT2D eigenvalue weighted by Gasteiger charge is -2.08. The number of anilines is 1. The summed E-state index contributed by atoms with van der Waals surface area (Å²) in [7, 11) is 0. The van der Waals surface area contributed by atoms with Gasteiger partial charge in [0.2, 0.25) is 0 Å². The molecule has 0 saturated carbocycles. The molecule has 6 heteroatoms. The van der Waals surface area contributed by atoms with Gasteiger partial charge in [-0.2, -0.15) is 4.68 Å². The van der Waals surface area contributed by atoms with Crippen LogP contribution < -0.4 is 5.73 Å². The van der Waals surface area contributed by atoms with Crippen molar-refractivity contribution < 1.29 is 0 Å². The van der Waals surface area contributed by atoms with E-state index in [1.807, 2.05) is 31.2 Å². The van der Waals surface area contributed by atoms with Crippen molar-refractivity contribution in [3.05, 3.63) is 40.5 Å². The summed E-state index contributed by atoms with van der Waals surface area (Å²) < 4.78 is 2.53. The Hall–Kier alpha value is -1.95. The van der Waals surface area contributed by atoms with Crippen LogP contribution in [0.1, 0.15) is 5.56 Å². The van der Waals surface area contributed by atoms with Crippen LogP contribution in [0.3, 0.4) is 0 Å². The van der Waals surface area contributed by atoms with Gasteiger partial charge < -0.3 is 5.73 Å². The van der Waals surface area contributed by atoms with Crippen LogP contribution >= 0.6 is 15.9 Å². The average Bonchev–Trinajstić information content (AvgIpc) is 2.80. The van der Waals surface area contributed by atoms with Crippen LogP contribution in [0.4, 0.5) is 5.69 Å². The second-order valence-corrected chi connectivity index (χ2v) is 4.76. The van der Waals surface area contributed by atoms with E-state index in [-0.39, 0.29) is 0 Å². The van der Waals surface area contributed by atoms with Gasteiger partial charge in [0.05, 0.1) is 21.9 Å². The number of aromatic nitrogens is 4. The zero-order chi connectivity index (χ0) is 12.7. The highest BCUT2D eigenvalue weighted by atomic mass is 79.9. The van der Waals surface area contributed by atoms with Gasteiger partial charge in [-0.15, -0.1) is 5.10 Å². The van der Waals surface area contributed by atoms with Crippen molar-refractivity contribution in [1.29, 1.82) is 0 Å². The predicted molar refractivity (Wildman–Crippen MR) is 73.5 cm³/mol. The third kappa shape index (κ3) is 1.57. The molecule has 0 spiro atoms. The van der Waals surface area contributed by atoms with Crippen LogP contribution in [0.5, 0.6) is 0 Å². The molecule has 5 nitrogen and oxygen atoms in total. The zero-order valence-electron chi connectivity index (χ0n) is 9.63. The van der Waals surface area contributed by atoms with E-state index >= 15 is 0 Å². The molecule has 0 aliphatic rings. The standard InChI is InChI=1S/C12H10BrN5/c1-7-8(14)6-15-12(11(7)13)18-10-5-3-2-4-9(10)16-17-18/h2-6H,14H2,1H3. The number of fused-ring (bicyclic) bond motifs is 1. The number of pyridine rings is 1. The van der Waals surface area contributed by atoms with Gasteiger partial charge in [0.1, 0.15) is 5.52 Å². The Balaban J connectivity index is 2.30. The second-order valence-electron chi connectivity index (χ2n) is 3.97. The minimum atomic E-state index is 0.648. The van der Waals surface area contributed by atoms with Crippen LogP contribution in [0.15, 0.2) is 34.9 Å². The van der Waals surface area contributed by atoms with Crippen LogP contribution in [0.25, 0.3) is 16.9 Å². The number of nitrogens with zero attached hydrogens (tertiary/aromatic N) is 4. The summed E-state index contributed by atoms with van der Waals surface area (Å²) in [6, 6.07) is 7.74. The summed E-state index contributed by atoms with van der Waals surface area (Å²) in [5.41, 5.74) is 9.16. The molecule has 3 rings (SSSR count). The molecule has 1 aromatic carbocycles. The first kappa shape index (κ1) is 11.2. The number of hydrogen-bond acceptors (Lipinski definition) is 4. The van der Waals surface area contributed by atoms with Gasteiger partial charge in [0.25, 0.3) is 0 Å². The van der Waals surface area contributed by atoms with Gasteiger partial charge in [-0.25, -0.2) is 4.98 Å². The smallest absolute Gasteiger partial charge is 0.170 e. The SMILES string of the molecule is Cc1c(N)cnc(-n2nnc3ccccc32)c1Br. The number of para-hydroxylation sites is 1. The third-order valence-corrected chi connectivity index (χ3v) is 3.79. The van der Waals surface area contributed by atoms with Crippen molar-refractivity contribution >= 4 is 32.7 Å². The molecular formula is C12H10BrN5. The Morgan fingerprint density at radius 1 is 1.28 bits per heavy atom. The molecule has 3 aromatic rings. The molecule has 0 aliphatic heterocycles. The van der Waals surface area contributed by atoms with Crippen LogP contribution in [0, 0.1) is 6.92 Å². The fourth-order valence-electron chi connectivity index (χ4n) is 1.75. The molecule has 0 bridgehead atoms. The molecule has 18 heavy (non-hydrogen) atoms. The van der Waals surface area contributed by atoms with Gasteiger partial charge in [-0.3, -0.25) is 0 Å². The molecular weight excluding hydrogens is 294 g/mol. The minimum absolute atomic E-state index is 0.648. The summed E-state index contributed by atoms with van der Waals surface area (Å²) in [5.74, 6) is 0.690. The molecule has 2 heterocycles. The Kier molecular flexibility index (Phi) is 2.52. The van der Waals surface area contributed by atoms with E-state index in [1.54, 1.807) is 10.9 Å². The van der Waals surface area contributed by atoms with Crippen molar-refractivity contribution in [3.63, 3.8) is 0 Å². The highest BCUT2D eigenvalue weighted by Gasteiger charge is 2.13. The van der Waals surface area contributed by atoms with E-state index in [2.05, 4.69) is 31.2 Å². The molecule has 90 valence electrons. The number of hydrogen-bond donors (Lipinski definition) is 1. The van der Waals surface area contributed by atoms with Crippen LogP contribution in [0.2, 0.25) is 0 Å². The topological polar surface area (TPSA) is 69.6 Å². The Morgan fingerprint density at radius 3 is 2.89 bits per heavy atom. The highest BCUT2D eigenvalue weighted by Crippen LogP contribution is 2.27. The van der Waals surface area contributed by atoms with Crippen molar-refractivity contribution in [2.75, 3.05) is 5.73 Å². The zero-order valence-corrected chi connectivity index (χ0v) is 11.2. The van der Waals surface area contributed by atoms with Crippen molar-refractivity contribution in [3.8, 4) is 5.82 Å². The first-order chi connectivity index (χ1) is 8.68. The molecule has 0 radical (unpaired) electrons. The third-order valence-electron chi connectivity index (χ3n) is 2.84. The average molecular weight is 304 g/mol. The van der Waals surface area contributed by atoms with Gasteiger partial charge in [0, 0.05) is 0 Å². The summed E-state index contributed by atoms with van der Waals surface area (Å²) in [6.07, 6.45) is 1.63. The summed E-state index contributed by atoms with van der Waals surface area (Å²) in [4.78, 5) is 4.32. The van der Waals surface area contributed by atoms with Crippen molar-refractivity contribution in [1.82, 2.24) is 20.0 Å². The van der Waals surface area contributed by atoms with Gasteiger partial charge in [0.15, 0.2) is 5.82 Å². The number of rotatable bonds is 1. The predicted octanol–water partition coefficient (Wildman–Crippen LogP) is 2.47. The number of halogens is 1. The first-order valence-corrected chi connectivity index (χ1v) is 6.19. The maximum Gasteiger partial charge on any atom is 0.170 e. The lowest BCUT2D eigenvalue weighted by Crippen LogP contribution is -2.04. The molecule has 0 amide bonds. The lowest BCUT2D eigenvalue weighted by atomic mass is 10.2. The van der Waals surface area contributed by atoms with E-state index in [0.717, 1.165) is 21.1 Å². The second kappa shape index (κ2) is 4.06. The number of nitrogen functional groups attached to an aromatic ring is 1. The van der Waals surface area contributed by atoms with Gasteiger partial charge >= 0.3 is 0 Å². The van der Waals surface area contributed by atoms with Crippen molar-refractivity contribution in [2.24, 2.45) is 0 Å². The Morgan fingerprint density at radius 2 is 2.06 bits per heavy atom. The van der Waals surface area contributed by atoms with Gasteiger partial charge in [-0.05, 0) is 40.5 Å². The van der Waals surface area contributed by atoms with E-state index in [9.17, 15) is 0 Å².